The van der Waals surface area contributed by atoms with Crippen molar-refractivity contribution in [2.45, 2.75) is 33.0 Å². The molecule has 0 unspecified atom stereocenters. The molecule has 0 bridgehead atoms. The summed E-state index contributed by atoms with van der Waals surface area (Å²) in [5, 5.41) is 0. The summed E-state index contributed by atoms with van der Waals surface area (Å²) in [6.07, 6.45) is 0.229. The first-order valence-corrected chi connectivity index (χ1v) is 7.39. The Labute approximate surface area is 125 Å². The van der Waals surface area contributed by atoms with E-state index in [0.717, 1.165) is 30.4 Å². The van der Waals surface area contributed by atoms with Gasteiger partial charge in [-0.3, -0.25) is 0 Å². The molecule has 0 N–H and O–H groups in total. The van der Waals surface area contributed by atoms with E-state index in [9.17, 15) is 0 Å². The third kappa shape index (κ3) is 3.22. The molecule has 0 radical (unpaired) electrons. The van der Waals surface area contributed by atoms with Crippen molar-refractivity contribution in [3.8, 4) is 0 Å². The van der Waals surface area contributed by atoms with Gasteiger partial charge in [-0.1, -0.05) is 30.3 Å². The number of ether oxygens (including phenoxy) is 1. The molecule has 0 saturated carbocycles. The summed E-state index contributed by atoms with van der Waals surface area (Å²) in [5.41, 5.74) is 3.22. The molecule has 21 heavy (non-hydrogen) atoms. The Balaban J connectivity index is 1.86. The van der Waals surface area contributed by atoms with Crippen LogP contribution in [0.5, 0.6) is 0 Å². The molecule has 4 heteroatoms. The van der Waals surface area contributed by atoms with Crippen LogP contribution >= 0.6 is 0 Å². The van der Waals surface area contributed by atoms with Gasteiger partial charge in [0.05, 0.1) is 12.6 Å². The fourth-order valence-electron chi connectivity index (χ4n) is 2.82. The van der Waals surface area contributed by atoms with E-state index in [1.165, 1.54) is 5.56 Å². The van der Waals surface area contributed by atoms with Gasteiger partial charge in [-0.2, -0.15) is 0 Å². The van der Waals surface area contributed by atoms with Crippen LogP contribution in [0, 0.1) is 13.8 Å². The molecule has 2 heterocycles. The zero-order valence-corrected chi connectivity index (χ0v) is 12.8. The fraction of sp³-hybridized carbons (Fsp3) is 0.412. The molecule has 1 aliphatic rings. The first kappa shape index (κ1) is 14.0. The molecule has 0 amide bonds. The van der Waals surface area contributed by atoms with Crippen LogP contribution in [-0.4, -0.2) is 29.2 Å². The summed E-state index contributed by atoms with van der Waals surface area (Å²) in [4.78, 5) is 11.4. The molecule has 2 atom stereocenters. The van der Waals surface area contributed by atoms with Gasteiger partial charge in [0.15, 0.2) is 0 Å². The number of rotatable bonds is 2. The quantitative estimate of drug-likeness (QED) is 0.849. The Kier molecular flexibility index (Phi) is 3.88. The number of hydrogen-bond donors (Lipinski definition) is 0. The van der Waals surface area contributed by atoms with Crippen LogP contribution in [-0.2, 0) is 4.74 Å². The van der Waals surface area contributed by atoms with Crippen LogP contribution in [0.2, 0.25) is 0 Å². The van der Waals surface area contributed by atoms with Crippen molar-refractivity contribution in [2.24, 2.45) is 0 Å². The normalized spacial score (nSPS) is 22.3. The smallest absolute Gasteiger partial charge is 0.225 e. The van der Waals surface area contributed by atoms with Gasteiger partial charge in [0.25, 0.3) is 0 Å². The third-order valence-electron chi connectivity index (χ3n) is 3.68. The van der Waals surface area contributed by atoms with Gasteiger partial charge >= 0.3 is 0 Å². The van der Waals surface area contributed by atoms with Crippen molar-refractivity contribution >= 4 is 5.95 Å². The second-order valence-electron chi connectivity index (χ2n) is 5.70. The zero-order valence-electron chi connectivity index (χ0n) is 12.8. The van der Waals surface area contributed by atoms with E-state index in [1.807, 2.05) is 26.0 Å². The van der Waals surface area contributed by atoms with Crippen molar-refractivity contribution in [3.63, 3.8) is 0 Å². The highest BCUT2D eigenvalue weighted by atomic mass is 16.5. The maximum Gasteiger partial charge on any atom is 0.225 e. The number of aromatic nitrogens is 2. The van der Waals surface area contributed by atoms with Crippen molar-refractivity contribution < 1.29 is 4.74 Å². The van der Waals surface area contributed by atoms with Gasteiger partial charge in [0, 0.05) is 17.9 Å². The molecular weight excluding hydrogens is 262 g/mol. The molecule has 2 aromatic rings. The maximum atomic E-state index is 6.09. The third-order valence-corrected chi connectivity index (χ3v) is 3.68. The zero-order chi connectivity index (χ0) is 14.8. The summed E-state index contributed by atoms with van der Waals surface area (Å²) in [6, 6.07) is 12.4. The first-order chi connectivity index (χ1) is 10.1. The molecule has 1 aromatic carbocycles. The monoisotopic (exact) mass is 283 g/mol. The van der Waals surface area contributed by atoms with Crippen LogP contribution in [0.3, 0.4) is 0 Å². The lowest BCUT2D eigenvalue weighted by molar-refractivity contribution is -0.0178. The van der Waals surface area contributed by atoms with Crippen LogP contribution in [0.15, 0.2) is 36.4 Å². The highest BCUT2D eigenvalue weighted by molar-refractivity contribution is 5.34. The number of morpholine rings is 1. The maximum absolute atomic E-state index is 6.09. The predicted molar refractivity (Wildman–Crippen MR) is 83.4 cm³/mol. The van der Waals surface area contributed by atoms with Crippen molar-refractivity contribution in [3.05, 3.63) is 53.3 Å². The number of aryl methyl sites for hydroxylation is 2. The number of anilines is 1. The highest BCUT2D eigenvalue weighted by Gasteiger charge is 2.28. The molecule has 0 aliphatic carbocycles. The average Bonchev–Trinajstić information content (AvgIpc) is 2.46. The topological polar surface area (TPSA) is 38.2 Å². The highest BCUT2D eigenvalue weighted by Crippen LogP contribution is 2.27. The summed E-state index contributed by atoms with van der Waals surface area (Å²) >= 11 is 0. The Morgan fingerprint density at radius 1 is 1.05 bits per heavy atom. The second-order valence-corrected chi connectivity index (χ2v) is 5.70. The number of nitrogens with zero attached hydrogens (tertiary/aromatic N) is 3. The predicted octanol–water partition coefficient (Wildman–Crippen LogP) is 3.06. The van der Waals surface area contributed by atoms with Gasteiger partial charge in [-0.05, 0) is 32.4 Å². The van der Waals surface area contributed by atoms with Crippen molar-refractivity contribution in [2.75, 3.05) is 18.0 Å². The molecule has 1 aromatic heterocycles. The van der Waals surface area contributed by atoms with Gasteiger partial charge < -0.3 is 9.64 Å². The molecule has 1 fully saturated rings. The molecular formula is C17H21N3O. The lowest BCUT2D eigenvalue weighted by Crippen LogP contribution is -2.43. The van der Waals surface area contributed by atoms with Crippen molar-refractivity contribution in [1.29, 1.82) is 0 Å². The standard InChI is InChI=1S/C17H21N3O/c1-12-9-13(2)19-17(18-12)20-10-14(3)21-16(11-20)15-7-5-4-6-8-15/h4-9,14,16H,10-11H2,1-3H3/t14-,16+/m1/s1. The van der Waals surface area contributed by atoms with E-state index in [1.54, 1.807) is 0 Å². The van der Waals surface area contributed by atoms with Gasteiger partial charge in [0.2, 0.25) is 5.95 Å². The van der Waals surface area contributed by atoms with E-state index < -0.39 is 0 Å². The Hall–Kier alpha value is -1.94. The lowest BCUT2D eigenvalue weighted by atomic mass is 10.1. The average molecular weight is 283 g/mol. The van der Waals surface area contributed by atoms with E-state index in [0.29, 0.717) is 0 Å². The van der Waals surface area contributed by atoms with E-state index in [4.69, 9.17) is 4.74 Å². The summed E-state index contributed by atoms with van der Waals surface area (Å²) < 4.78 is 6.09. The summed E-state index contributed by atoms with van der Waals surface area (Å²) in [7, 11) is 0. The first-order valence-electron chi connectivity index (χ1n) is 7.39. The van der Waals surface area contributed by atoms with Gasteiger partial charge in [-0.25, -0.2) is 9.97 Å². The second kappa shape index (κ2) is 5.82. The Bertz CT molecular complexity index is 594. The Morgan fingerprint density at radius 3 is 2.38 bits per heavy atom. The number of hydrogen-bond acceptors (Lipinski definition) is 4. The van der Waals surface area contributed by atoms with Crippen LogP contribution in [0.25, 0.3) is 0 Å². The van der Waals surface area contributed by atoms with Crippen LogP contribution in [0.1, 0.15) is 30.0 Å². The van der Waals surface area contributed by atoms with Crippen LogP contribution in [0.4, 0.5) is 5.95 Å². The Morgan fingerprint density at radius 2 is 1.71 bits per heavy atom. The van der Waals surface area contributed by atoms with Crippen molar-refractivity contribution in [1.82, 2.24) is 9.97 Å². The molecule has 110 valence electrons. The number of benzene rings is 1. The van der Waals surface area contributed by atoms with E-state index in [2.05, 4.69) is 46.1 Å². The fourth-order valence-corrected chi connectivity index (χ4v) is 2.82. The molecule has 0 spiro atoms. The van der Waals surface area contributed by atoms with Gasteiger partial charge in [-0.15, -0.1) is 0 Å². The minimum atomic E-state index is 0.0689. The SMILES string of the molecule is Cc1cc(C)nc(N2C[C@@H](C)O[C@H](c3ccccc3)C2)n1. The molecule has 3 rings (SSSR count). The van der Waals surface area contributed by atoms with E-state index >= 15 is 0 Å². The lowest BCUT2D eigenvalue weighted by Gasteiger charge is -2.37. The van der Waals surface area contributed by atoms with Gasteiger partial charge in [0.1, 0.15) is 6.10 Å². The minimum absolute atomic E-state index is 0.0689. The van der Waals surface area contributed by atoms with E-state index in [-0.39, 0.29) is 12.2 Å². The molecule has 1 aliphatic heterocycles. The summed E-state index contributed by atoms with van der Waals surface area (Å²) in [6.45, 7) is 7.74. The summed E-state index contributed by atoms with van der Waals surface area (Å²) in [5.74, 6) is 0.809. The minimum Gasteiger partial charge on any atom is -0.367 e. The molecule has 1 saturated heterocycles. The molecule has 4 nitrogen and oxygen atoms in total. The van der Waals surface area contributed by atoms with Crippen LogP contribution < -0.4 is 4.90 Å². The largest absolute Gasteiger partial charge is 0.367 e.